The predicted molar refractivity (Wildman–Crippen MR) is 64.3 cm³/mol. The van der Waals surface area contributed by atoms with Crippen molar-refractivity contribution in [3.8, 4) is 0 Å². The molecule has 0 aromatic rings. The monoisotopic (exact) mass is 430 g/mol. The van der Waals surface area contributed by atoms with Crippen molar-refractivity contribution in [1.82, 2.24) is 0 Å². The second-order valence-corrected chi connectivity index (χ2v) is 4.76. The average molecular weight is 430 g/mol. The summed E-state index contributed by atoms with van der Waals surface area (Å²) < 4.78 is 23.8. The zero-order chi connectivity index (χ0) is 9.90. The van der Waals surface area contributed by atoms with Gasteiger partial charge in [0, 0.05) is 0 Å². The zero-order valence-electron chi connectivity index (χ0n) is 8.61. The summed E-state index contributed by atoms with van der Waals surface area (Å²) in [6, 6.07) is 0. The van der Waals surface area contributed by atoms with Crippen LogP contribution in [0.25, 0.3) is 0 Å². The largest absolute Gasteiger partial charge is 1.00 e. The van der Waals surface area contributed by atoms with Gasteiger partial charge in [0.2, 0.25) is 0 Å². The van der Waals surface area contributed by atoms with Crippen LogP contribution >= 0.6 is 9.90 Å². The molecule has 1 atom stereocenters. The van der Waals surface area contributed by atoms with E-state index in [0.29, 0.717) is 13.0 Å². The maximum absolute atomic E-state index is 11.2. The van der Waals surface area contributed by atoms with Crippen molar-refractivity contribution in [2.24, 2.45) is 0 Å². The van der Waals surface area contributed by atoms with Crippen LogP contribution in [0.2, 0.25) is 0 Å². The molecule has 0 fully saturated rings. The van der Waals surface area contributed by atoms with Crippen LogP contribution in [-0.4, -0.2) is 30.9 Å². The van der Waals surface area contributed by atoms with Crippen molar-refractivity contribution >= 4 is 25.6 Å². The first-order chi connectivity index (χ1) is 6.05. The van der Waals surface area contributed by atoms with Gasteiger partial charge in [-0.1, -0.05) is 12.5 Å². The maximum atomic E-state index is 11.2. The number of rotatable bonds is 4. The van der Waals surface area contributed by atoms with Crippen LogP contribution in [0.5, 0.6) is 0 Å². The Balaban J connectivity index is 0. The first kappa shape index (κ1) is 17.5. The molecule has 0 saturated heterocycles. The van der Waals surface area contributed by atoms with Crippen molar-refractivity contribution in [3.63, 3.8) is 0 Å². The molecule has 0 amide bonds. The van der Waals surface area contributed by atoms with Crippen LogP contribution in [0, 0.1) is 6.42 Å². The number of sulfonamides is 1. The SMILES string of the molecule is C=CC[CH-]C1=[N+](S(C)(=O)=O)CC=C1.P.[Au+]. The van der Waals surface area contributed by atoms with Gasteiger partial charge in [0.25, 0.3) is 0 Å². The molecule has 1 aliphatic rings. The molecular weight excluding hydrogens is 414 g/mol. The first-order valence-electron chi connectivity index (χ1n) is 4.01. The van der Waals surface area contributed by atoms with Crippen LogP contribution in [-0.2, 0) is 32.4 Å². The van der Waals surface area contributed by atoms with Crippen molar-refractivity contribution in [2.75, 3.05) is 12.8 Å². The Morgan fingerprint density at radius 1 is 1.67 bits per heavy atom. The third-order valence-corrected chi connectivity index (χ3v) is 2.90. The second-order valence-electron chi connectivity index (χ2n) is 2.85. The number of hydrogen-bond acceptors (Lipinski definition) is 2. The third kappa shape index (κ3) is 5.14. The number of nitrogens with zero attached hydrogens (tertiary/aromatic N) is 1. The summed E-state index contributed by atoms with van der Waals surface area (Å²) in [6.07, 6.45) is 9.12. The van der Waals surface area contributed by atoms with Crippen LogP contribution in [0.4, 0.5) is 0 Å². The Morgan fingerprint density at radius 2 is 2.27 bits per heavy atom. The predicted octanol–water partition coefficient (Wildman–Crippen LogP) is 0.805. The molecule has 6 heteroatoms. The van der Waals surface area contributed by atoms with Gasteiger partial charge in [-0.15, -0.1) is 22.7 Å². The van der Waals surface area contributed by atoms with E-state index in [1.54, 1.807) is 6.08 Å². The molecule has 0 bridgehead atoms. The van der Waals surface area contributed by atoms with E-state index in [0.717, 1.165) is 5.71 Å². The van der Waals surface area contributed by atoms with Crippen LogP contribution in [0.3, 0.4) is 0 Å². The van der Waals surface area contributed by atoms with E-state index >= 15 is 0 Å². The molecule has 0 aromatic heterocycles. The summed E-state index contributed by atoms with van der Waals surface area (Å²) in [7, 11) is -3.11. The molecule has 90 valence electrons. The van der Waals surface area contributed by atoms with Gasteiger partial charge in [0.05, 0.1) is 12.0 Å². The van der Waals surface area contributed by atoms with Gasteiger partial charge in [-0.25, -0.2) is 0 Å². The minimum Gasteiger partial charge on any atom is -0.164 e. The van der Waals surface area contributed by atoms with E-state index in [1.165, 1.54) is 10.2 Å². The minimum atomic E-state index is -3.11. The van der Waals surface area contributed by atoms with Crippen molar-refractivity contribution in [2.45, 2.75) is 6.42 Å². The van der Waals surface area contributed by atoms with E-state index in [1.807, 2.05) is 18.6 Å². The van der Waals surface area contributed by atoms with Crippen molar-refractivity contribution in [3.05, 3.63) is 31.2 Å². The summed E-state index contributed by atoms with van der Waals surface area (Å²) in [5.41, 5.74) is 0.738. The molecule has 1 rings (SSSR count). The van der Waals surface area contributed by atoms with Crippen LogP contribution < -0.4 is 0 Å². The van der Waals surface area contributed by atoms with Gasteiger partial charge in [-0.3, -0.25) is 0 Å². The fourth-order valence-corrected chi connectivity index (χ4v) is 2.03. The molecule has 3 nitrogen and oxygen atoms in total. The minimum absolute atomic E-state index is 0. The zero-order valence-corrected chi connectivity index (χ0v) is 13.0. The summed E-state index contributed by atoms with van der Waals surface area (Å²) in [6.45, 7) is 4.02. The molecule has 0 radical (unpaired) electrons. The van der Waals surface area contributed by atoms with Crippen LogP contribution in [0.1, 0.15) is 6.42 Å². The molecule has 0 aromatic carbocycles. The molecule has 1 aliphatic heterocycles. The van der Waals surface area contributed by atoms with Gasteiger partial charge >= 0.3 is 32.4 Å². The molecular formula is C9H16AuNO2PS+. The van der Waals surface area contributed by atoms with E-state index in [-0.39, 0.29) is 32.3 Å². The second kappa shape index (κ2) is 7.42. The van der Waals surface area contributed by atoms with Gasteiger partial charge in [-0.2, -0.15) is 24.7 Å². The summed E-state index contributed by atoms with van der Waals surface area (Å²) in [5, 5.41) is 0. The van der Waals surface area contributed by atoms with Crippen LogP contribution in [0.15, 0.2) is 24.8 Å². The molecule has 0 N–H and O–H groups in total. The maximum Gasteiger partial charge on any atom is 1.00 e. The fourth-order valence-electron chi connectivity index (χ4n) is 1.16. The summed E-state index contributed by atoms with van der Waals surface area (Å²) >= 11 is 0. The molecule has 0 aliphatic carbocycles. The average Bonchev–Trinajstić information content (AvgIpc) is 2.47. The van der Waals surface area contributed by atoms with E-state index in [4.69, 9.17) is 0 Å². The Kier molecular flexibility index (Phi) is 8.67. The Bertz CT molecular complexity index is 374. The smallest absolute Gasteiger partial charge is 0.164 e. The van der Waals surface area contributed by atoms with Crippen molar-refractivity contribution in [1.29, 1.82) is 0 Å². The number of hydrogen-bond donors (Lipinski definition) is 0. The van der Waals surface area contributed by atoms with Crippen molar-refractivity contribution < 1.29 is 34.8 Å². The first-order valence-corrected chi connectivity index (χ1v) is 5.86. The molecule has 15 heavy (non-hydrogen) atoms. The Labute approximate surface area is 111 Å². The normalized spacial score (nSPS) is 14.2. The molecule has 0 spiro atoms. The summed E-state index contributed by atoms with van der Waals surface area (Å²) in [5.74, 6) is 0. The molecule has 0 saturated carbocycles. The van der Waals surface area contributed by atoms with Gasteiger partial charge in [0.15, 0.2) is 6.54 Å². The standard InChI is InChI=1S/C9H13NO2S.Au.H3P/c1-3-4-6-9-7-5-8-10(9)13(2,11)12;;/h3,5-7H,1,4,8H2,2H3;;1H3/q;+1;. The topological polar surface area (TPSA) is 37.1 Å². The Hall–Kier alpha value is 0.140. The molecule has 1 unspecified atom stereocenters. The van der Waals surface area contributed by atoms with E-state index in [9.17, 15) is 8.42 Å². The van der Waals surface area contributed by atoms with E-state index < -0.39 is 10.0 Å². The van der Waals surface area contributed by atoms with Gasteiger partial charge < -0.3 is 0 Å². The van der Waals surface area contributed by atoms with Gasteiger partial charge in [-0.05, 0) is 0 Å². The van der Waals surface area contributed by atoms with E-state index in [2.05, 4.69) is 6.58 Å². The number of allylic oxidation sites excluding steroid dienone is 2. The quantitative estimate of drug-likeness (QED) is 0.218. The third-order valence-electron chi connectivity index (χ3n) is 1.74. The fraction of sp³-hybridized carbons (Fsp3) is 0.333. The Morgan fingerprint density at radius 3 is 2.73 bits per heavy atom. The van der Waals surface area contributed by atoms with Gasteiger partial charge in [0.1, 0.15) is 0 Å². The summed E-state index contributed by atoms with van der Waals surface area (Å²) in [4.78, 5) is 0. The molecule has 1 heterocycles.